The normalized spacial score (nSPS) is 18.8. The number of hydrogen-bond donors (Lipinski definition) is 1. The average Bonchev–Trinajstić information content (AvgIpc) is 2.14. The molecular formula is C10H19NOS. The highest BCUT2D eigenvalue weighted by molar-refractivity contribution is 7.80. The smallest absolute Gasteiger partial charge is 0.0750 e. The monoisotopic (exact) mass is 201 g/mol. The number of thiocarbonyl (C=S) groups is 1. The summed E-state index contributed by atoms with van der Waals surface area (Å²) in [5, 5.41) is 0. The Morgan fingerprint density at radius 3 is 2.62 bits per heavy atom. The number of ether oxygens (including phenoxy) is 1. The first kappa shape index (κ1) is 10.9. The van der Waals surface area contributed by atoms with Gasteiger partial charge in [-0.15, -0.1) is 0 Å². The number of rotatable bonds is 5. The molecule has 0 heterocycles. The molecule has 0 aromatic heterocycles. The molecule has 1 aliphatic carbocycles. The lowest BCUT2D eigenvalue weighted by Crippen LogP contribution is -2.16. The maximum atomic E-state index is 5.52. The maximum absolute atomic E-state index is 5.52. The highest BCUT2D eigenvalue weighted by Gasteiger charge is 2.12. The van der Waals surface area contributed by atoms with Crippen LogP contribution in [0, 0.1) is 5.92 Å². The molecule has 2 nitrogen and oxygen atoms in total. The molecule has 13 heavy (non-hydrogen) atoms. The molecule has 0 bridgehead atoms. The lowest BCUT2D eigenvalue weighted by Gasteiger charge is -2.21. The molecule has 1 fully saturated rings. The summed E-state index contributed by atoms with van der Waals surface area (Å²) in [4.78, 5) is 0.559. The van der Waals surface area contributed by atoms with Crippen LogP contribution >= 0.6 is 12.2 Å². The van der Waals surface area contributed by atoms with Crippen LogP contribution in [-0.2, 0) is 4.74 Å². The summed E-state index contributed by atoms with van der Waals surface area (Å²) in [6, 6.07) is 0. The largest absolute Gasteiger partial charge is 0.393 e. The Hall–Kier alpha value is -0.150. The minimum atomic E-state index is 0.559. The van der Waals surface area contributed by atoms with Gasteiger partial charge >= 0.3 is 0 Å². The van der Waals surface area contributed by atoms with Gasteiger partial charge in [0.15, 0.2) is 0 Å². The number of nitrogens with two attached hydrogens (primary N) is 1. The molecule has 1 saturated carbocycles. The van der Waals surface area contributed by atoms with E-state index in [0.29, 0.717) is 11.6 Å². The maximum Gasteiger partial charge on any atom is 0.0750 e. The molecule has 0 aliphatic heterocycles. The van der Waals surface area contributed by atoms with Crippen LogP contribution in [-0.4, -0.2) is 18.2 Å². The first-order chi connectivity index (χ1) is 6.29. The van der Waals surface area contributed by atoms with Crippen LogP contribution in [0.1, 0.15) is 38.5 Å². The summed E-state index contributed by atoms with van der Waals surface area (Å²) in [7, 11) is 0. The van der Waals surface area contributed by atoms with Crippen LogP contribution in [0.4, 0.5) is 0 Å². The Bertz CT molecular complexity index is 155. The van der Waals surface area contributed by atoms with Gasteiger partial charge < -0.3 is 10.5 Å². The van der Waals surface area contributed by atoms with Gasteiger partial charge in [-0.25, -0.2) is 0 Å². The summed E-state index contributed by atoms with van der Waals surface area (Å²) in [5.74, 6) is 0.792. The molecule has 0 aromatic carbocycles. The molecule has 0 saturated heterocycles. The fourth-order valence-electron chi connectivity index (χ4n) is 1.78. The SMILES string of the molecule is NC(=S)CCOCC1CCCCC1. The van der Waals surface area contributed by atoms with E-state index >= 15 is 0 Å². The van der Waals surface area contributed by atoms with Crippen LogP contribution in [0.25, 0.3) is 0 Å². The minimum Gasteiger partial charge on any atom is -0.393 e. The van der Waals surface area contributed by atoms with E-state index in [-0.39, 0.29) is 0 Å². The lowest BCUT2D eigenvalue weighted by atomic mass is 9.90. The van der Waals surface area contributed by atoms with E-state index in [4.69, 9.17) is 22.7 Å². The Morgan fingerprint density at radius 2 is 2.00 bits per heavy atom. The zero-order valence-electron chi connectivity index (χ0n) is 8.13. The first-order valence-corrected chi connectivity index (χ1v) is 5.56. The van der Waals surface area contributed by atoms with Crippen molar-refractivity contribution in [2.45, 2.75) is 38.5 Å². The highest BCUT2D eigenvalue weighted by atomic mass is 32.1. The summed E-state index contributed by atoms with van der Waals surface area (Å²) in [6.07, 6.45) is 7.57. The minimum absolute atomic E-state index is 0.559. The fraction of sp³-hybridized carbons (Fsp3) is 0.900. The fourth-order valence-corrected chi connectivity index (χ4v) is 1.86. The first-order valence-electron chi connectivity index (χ1n) is 5.15. The van der Waals surface area contributed by atoms with Crippen LogP contribution in [0.3, 0.4) is 0 Å². The Balaban J connectivity index is 1.95. The molecule has 0 atom stereocenters. The standard InChI is InChI=1S/C10H19NOS/c11-10(13)6-7-12-8-9-4-2-1-3-5-9/h9H,1-8H2,(H2,11,13). The topological polar surface area (TPSA) is 35.2 Å². The highest BCUT2D eigenvalue weighted by Crippen LogP contribution is 2.23. The number of hydrogen-bond acceptors (Lipinski definition) is 2. The second-order valence-electron chi connectivity index (χ2n) is 3.80. The van der Waals surface area contributed by atoms with Gasteiger partial charge in [-0.3, -0.25) is 0 Å². The molecule has 1 aliphatic rings. The van der Waals surface area contributed by atoms with Gasteiger partial charge in [0.1, 0.15) is 0 Å². The lowest BCUT2D eigenvalue weighted by molar-refractivity contribution is 0.0904. The molecular weight excluding hydrogens is 182 g/mol. The molecule has 0 unspecified atom stereocenters. The van der Waals surface area contributed by atoms with Crippen molar-refractivity contribution in [3.05, 3.63) is 0 Å². The van der Waals surface area contributed by atoms with Crippen LogP contribution in [0.2, 0.25) is 0 Å². The zero-order chi connectivity index (χ0) is 9.52. The van der Waals surface area contributed by atoms with E-state index in [0.717, 1.165) is 18.9 Å². The molecule has 2 N–H and O–H groups in total. The van der Waals surface area contributed by atoms with Crippen molar-refractivity contribution in [2.75, 3.05) is 13.2 Å². The van der Waals surface area contributed by atoms with Crippen molar-refractivity contribution in [2.24, 2.45) is 11.7 Å². The van der Waals surface area contributed by atoms with Crippen molar-refractivity contribution in [1.29, 1.82) is 0 Å². The second kappa shape index (κ2) is 6.33. The second-order valence-corrected chi connectivity index (χ2v) is 4.32. The van der Waals surface area contributed by atoms with E-state index in [2.05, 4.69) is 0 Å². The molecule has 0 aromatic rings. The summed E-state index contributed by atoms with van der Waals surface area (Å²) in [5.41, 5.74) is 5.36. The van der Waals surface area contributed by atoms with Crippen molar-refractivity contribution in [3.8, 4) is 0 Å². The predicted molar refractivity (Wildman–Crippen MR) is 58.8 cm³/mol. The van der Waals surface area contributed by atoms with Crippen LogP contribution in [0.15, 0.2) is 0 Å². The van der Waals surface area contributed by atoms with Gasteiger partial charge in [-0.05, 0) is 18.8 Å². The Morgan fingerprint density at radius 1 is 1.31 bits per heavy atom. The van der Waals surface area contributed by atoms with Crippen LogP contribution < -0.4 is 5.73 Å². The molecule has 1 rings (SSSR count). The third-order valence-electron chi connectivity index (χ3n) is 2.57. The molecule has 3 heteroatoms. The summed E-state index contributed by atoms with van der Waals surface area (Å²) in [6.45, 7) is 1.61. The molecule has 0 spiro atoms. The Labute approximate surface area is 85.8 Å². The van der Waals surface area contributed by atoms with Crippen molar-refractivity contribution in [3.63, 3.8) is 0 Å². The zero-order valence-corrected chi connectivity index (χ0v) is 8.94. The molecule has 0 amide bonds. The van der Waals surface area contributed by atoms with E-state index in [9.17, 15) is 0 Å². The average molecular weight is 201 g/mol. The van der Waals surface area contributed by atoms with Gasteiger partial charge in [-0.2, -0.15) is 0 Å². The van der Waals surface area contributed by atoms with E-state index < -0.39 is 0 Å². The van der Waals surface area contributed by atoms with Crippen molar-refractivity contribution < 1.29 is 4.74 Å². The van der Waals surface area contributed by atoms with Gasteiger partial charge in [0.05, 0.1) is 11.6 Å². The Kier molecular flexibility index (Phi) is 5.32. The quantitative estimate of drug-likeness (QED) is 0.547. The van der Waals surface area contributed by atoms with Crippen molar-refractivity contribution in [1.82, 2.24) is 0 Å². The third-order valence-corrected chi connectivity index (χ3v) is 2.78. The van der Waals surface area contributed by atoms with E-state index in [1.807, 2.05) is 0 Å². The molecule has 0 radical (unpaired) electrons. The van der Waals surface area contributed by atoms with E-state index in [1.165, 1.54) is 32.1 Å². The van der Waals surface area contributed by atoms with Gasteiger partial charge in [0.2, 0.25) is 0 Å². The van der Waals surface area contributed by atoms with Gasteiger partial charge in [0.25, 0.3) is 0 Å². The summed E-state index contributed by atoms with van der Waals surface area (Å²) >= 11 is 4.76. The summed E-state index contributed by atoms with van der Waals surface area (Å²) < 4.78 is 5.52. The van der Waals surface area contributed by atoms with Gasteiger partial charge in [-0.1, -0.05) is 31.5 Å². The van der Waals surface area contributed by atoms with Crippen LogP contribution in [0.5, 0.6) is 0 Å². The van der Waals surface area contributed by atoms with E-state index in [1.54, 1.807) is 0 Å². The van der Waals surface area contributed by atoms with Gasteiger partial charge in [0, 0.05) is 13.0 Å². The third kappa shape index (κ3) is 5.21. The molecule has 76 valence electrons. The van der Waals surface area contributed by atoms with Crippen molar-refractivity contribution >= 4 is 17.2 Å². The predicted octanol–water partition coefficient (Wildman–Crippen LogP) is 2.26.